The highest BCUT2D eigenvalue weighted by atomic mass is 79.9. The Morgan fingerprint density at radius 3 is 2.50 bits per heavy atom. The van der Waals surface area contributed by atoms with E-state index in [2.05, 4.69) is 21.2 Å². The second-order valence-electron chi connectivity index (χ2n) is 6.64. The Morgan fingerprint density at radius 2 is 1.81 bits per heavy atom. The molecule has 0 saturated carbocycles. The number of carbonyl (C=O) groups excluding carboxylic acids is 2. The molecule has 1 saturated heterocycles. The highest BCUT2D eigenvalue weighted by Gasteiger charge is 2.33. The smallest absolute Gasteiger partial charge is 0.247 e. The molecule has 2 unspecified atom stereocenters. The van der Waals surface area contributed by atoms with Crippen LogP contribution in [0.2, 0.25) is 0 Å². The minimum Gasteiger partial charge on any atom is -0.347 e. The van der Waals surface area contributed by atoms with E-state index in [0.29, 0.717) is 13.0 Å². The number of nitrogens with zero attached hydrogens (tertiary/aromatic N) is 1. The van der Waals surface area contributed by atoms with Gasteiger partial charge in [-0.3, -0.25) is 9.59 Å². The lowest BCUT2D eigenvalue weighted by Crippen LogP contribution is -2.46. The van der Waals surface area contributed by atoms with Crippen molar-refractivity contribution in [1.29, 1.82) is 0 Å². The average molecular weight is 415 g/mol. The van der Waals surface area contributed by atoms with Gasteiger partial charge in [0.05, 0.1) is 6.04 Å². The molecule has 2 atom stereocenters. The van der Waals surface area contributed by atoms with Crippen molar-refractivity contribution >= 4 is 27.7 Å². The van der Waals surface area contributed by atoms with Crippen LogP contribution in [0.1, 0.15) is 49.4 Å². The number of hydrogen-bond donors (Lipinski definition) is 1. The fourth-order valence-electron chi connectivity index (χ4n) is 3.36. The maximum absolute atomic E-state index is 13.1. The Kier molecular flexibility index (Phi) is 6.09. The van der Waals surface area contributed by atoms with E-state index in [-0.39, 0.29) is 17.9 Å². The molecule has 26 heavy (non-hydrogen) atoms. The maximum Gasteiger partial charge on any atom is 0.247 e. The molecule has 1 N–H and O–H groups in total. The average Bonchev–Trinajstić information content (AvgIpc) is 2.64. The number of carbonyl (C=O) groups is 2. The predicted octanol–water partition coefficient (Wildman–Crippen LogP) is 4.38. The third-order valence-corrected chi connectivity index (χ3v) is 5.24. The van der Waals surface area contributed by atoms with Gasteiger partial charge in [0.1, 0.15) is 6.04 Å². The zero-order valence-corrected chi connectivity index (χ0v) is 16.4. The number of halogens is 1. The molecule has 0 spiro atoms. The summed E-state index contributed by atoms with van der Waals surface area (Å²) in [4.78, 5) is 27.3. The zero-order chi connectivity index (χ0) is 18.5. The first-order valence-corrected chi connectivity index (χ1v) is 9.76. The summed E-state index contributed by atoms with van der Waals surface area (Å²) in [5.74, 6) is -0.0886. The number of benzene rings is 2. The van der Waals surface area contributed by atoms with Crippen molar-refractivity contribution < 1.29 is 9.59 Å². The van der Waals surface area contributed by atoms with E-state index in [9.17, 15) is 9.59 Å². The number of piperidine rings is 1. The number of rotatable bonds is 5. The molecule has 1 aliphatic heterocycles. The van der Waals surface area contributed by atoms with Crippen molar-refractivity contribution in [1.82, 2.24) is 10.2 Å². The molecular weight excluding hydrogens is 392 g/mol. The Labute approximate surface area is 162 Å². The van der Waals surface area contributed by atoms with Crippen molar-refractivity contribution in [2.75, 3.05) is 6.54 Å². The van der Waals surface area contributed by atoms with Crippen LogP contribution in [-0.4, -0.2) is 23.3 Å². The van der Waals surface area contributed by atoms with Crippen LogP contribution < -0.4 is 5.32 Å². The van der Waals surface area contributed by atoms with E-state index in [1.54, 1.807) is 4.90 Å². The molecule has 0 bridgehead atoms. The van der Waals surface area contributed by atoms with Gasteiger partial charge in [-0.15, -0.1) is 0 Å². The van der Waals surface area contributed by atoms with Gasteiger partial charge in [-0.05, 0) is 43.0 Å². The summed E-state index contributed by atoms with van der Waals surface area (Å²) in [6, 6.07) is 16.7. The Balaban J connectivity index is 1.84. The van der Waals surface area contributed by atoms with Crippen molar-refractivity contribution in [3.8, 4) is 0 Å². The van der Waals surface area contributed by atoms with Crippen LogP contribution >= 0.6 is 15.9 Å². The second kappa shape index (κ2) is 8.49. The van der Waals surface area contributed by atoms with Crippen molar-refractivity contribution in [2.45, 2.75) is 38.3 Å². The van der Waals surface area contributed by atoms with E-state index in [1.165, 1.54) is 0 Å². The normalized spacial score (nSPS) is 16.8. The molecule has 1 heterocycles. The first kappa shape index (κ1) is 18.6. The highest BCUT2D eigenvalue weighted by Crippen LogP contribution is 2.27. The monoisotopic (exact) mass is 414 g/mol. The topological polar surface area (TPSA) is 49.4 Å². The lowest BCUT2D eigenvalue weighted by Gasteiger charge is -2.34. The summed E-state index contributed by atoms with van der Waals surface area (Å²) in [5, 5.41) is 3.09. The first-order chi connectivity index (χ1) is 12.6. The SMILES string of the molecule is CC(NC(=O)C(c1ccccc1)N1CCCCC1=O)c1cccc(Br)c1. The maximum atomic E-state index is 13.1. The van der Waals surface area contributed by atoms with Crippen LogP contribution in [0.3, 0.4) is 0 Å². The minimum atomic E-state index is -0.585. The number of hydrogen-bond acceptors (Lipinski definition) is 2. The Morgan fingerprint density at radius 1 is 1.08 bits per heavy atom. The van der Waals surface area contributed by atoms with Gasteiger partial charge in [-0.25, -0.2) is 0 Å². The van der Waals surface area contributed by atoms with Gasteiger partial charge in [0.25, 0.3) is 0 Å². The van der Waals surface area contributed by atoms with Crippen molar-refractivity contribution in [3.05, 3.63) is 70.2 Å². The lowest BCUT2D eigenvalue weighted by atomic mass is 9.99. The highest BCUT2D eigenvalue weighted by molar-refractivity contribution is 9.10. The molecule has 136 valence electrons. The van der Waals surface area contributed by atoms with Crippen molar-refractivity contribution in [3.63, 3.8) is 0 Å². The van der Waals surface area contributed by atoms with E-state index >= 15 is 0 Å². The van der Waals surface area contributed by atoms with Crippen LogP contribution in [-0.2, 0) is 9.59 Å². The van der Waals surface area contributed by atoms with Crippen molar-refractivity contribution in [2.24, 2.45) is 0 Å². The minimum absolute atomic E-state index is 0.0513. The van der Waals surface area contributed by atoms with Crippen LogP contribution in [0.4, 0.5) is 0 Å². The summed E-state index contributed by atoms with van der Waals surface area (Å²) in [6.45, 7) is 2.58. The van der Waals surface area contributed by atoms with E-state index < -0.39 is 6.04 Å². The molecule has 0 radical (unpaired) electrons. The van der Waals surface area contributed by atoms with E-state index in [1.807, 2.05) is 61.5 Å². The molecule has 2 aromatic carbocycles. The Hall–Kier alpha value is -2.14. The van der Waals surface area contributed by atoms with Gasteiger partial charge >= 0.3 is 0 Å². The predicted molar refractivity (Wildman–Crippen MR) is 105 cm³/mol. The standard InChI is InChI=1S/C21H23BrN2O2/c1-15(17-10-7-11-18(22)14-17)23-21(26)20(16-8-3-2-4-9-16)24-13-6-5-12-19(24)25/h2-4,7-11,14-15,20H,5-6,12-13H2,1H3,(H,23,26). The first-order valence-electron chi connectivity index (χ1n) is 8.96. The number of likely N-dealkylation sites (tertiary alicyclic amines) is 1. The third-order valence-electron chi connectivity index (χ3n) is 4.74. The lowest BCUT2D eigenvalue weighted by molar-refractivity contribution is -0.143. The molecule has 0 aliphatic carbocycles. The third kappa shape index (κ3) is 4.33. The molecule has 5 heteroatoms. The Bertz CT molecular complexity index is 779. The van der Waals surface area contributed by atoms with Gasteiger partial charge in [-0.2, -0.15) is 0 Å². The molecular formula is C21H23BrN2O2. The summed E-state index contributed by atoms with van der Waals surface area (Å²) in [7, 11) is 0. The largest absolute Gasteiger partial charge is 0.347 e. The summed E-state index contributed by atoms with van der Waals surface area (Å²) in [5.41, 5.74) is 1.87. The van der Waals surface area contributed by atoms with Gasteiger partial charge in [0.15, 0.2) is 0 Å². The summed E-state index contributed by atoms with van der Waals surface area (Å²) >= 11 is 3.47. The quantitative estimate of drug-likeness (QED) is 0.788. The molecule has 1 aliphatic rings. The van der Waals surface area contributed by atoms with E-state index in [0.717, 1.165) is 28.4 Å². The molecule has 0 aromatic heterocycles. The van der Waals surface area contributed by atoms with Crippen LogP contribution in [0.5, 0.6) is 0 Å². The van der Waals surface area contributed by atoms with Gasteiger partial charge in [-0.1, -0.05) is 58.4 Å². The van der Waals surface area contributed by atoms with Gasteiger partial charge < -0.3 is 10.2 Å². The van der Waals surface area contributed by atoms with Crippen LogP contribution in [0, 0.1) is 0 Å². The number of nitrogens with one attached hydrogen (secondary N) is 1. The molecule has 4 nitrogen and oxygen atoms in total. The number of amides is 2. The van der Waals surface area contributed by atoms with E-state index in [4.69, 9.17) is 0 Å². The molecule has 2 amide bonds. The summed E-state index contributed by atoms with van der Waals surface area (Å²) < 4.78 is 0.974. The fraction of sp³-hybridized carbons (Fsp3) is 0.333. The molecule has 3 rings (SSSR count). The van der Waals surface area contributed by atoms with Gasteiger partial charge in [0.2, 0.25) is 11.8 Å². The van der Waals surface area contributed by atoms with Crippen LogP contribution in [0.25, 0.3) is 0 Å². The van der Waals surface area contributed by atoms with Gasteiger partial charge in [0, 0.05) is 17.4 Å². The summed E-state index contributed by atoms with van der Waals surface area (Å²) in [6.07, 6.45) is 2.34. The second-order valence-corrected chi connectivity index (χ2v) is 7.56. The zero-order valence-electron chi connectivity index (χ0n) is 14.8. The fourth-order valence-corrected chi connectivity index (χ4v) is 3.78. The molecule has 1 fully saturated rings. The molecule has 2 aromatic rings. The van der Waals surface area contributed by atoms with Crippen LogP contribution in [0.15, 0.2) is 59.1 Å².